The van der Waals surface area contributed by atoms with E-state index in [1.54, 1.807) is 6.07 Å². The summed E-state index contributed by atoms with van der Waals surface area (Å²) < 4.78 is 0. The number of thioether (sulfide) groups is 1. The highest BCUT2D eigenvalue weighted by molar-refractivity contribution is 8.05. The number of carbonyl (C=O) groups excluding carboxylic acids is 2. The smallest absolute Gasteiger partial charge is 0.264 e. The Morgan fingerprint density at radius 3 is 2.54 bits per heavy atom. The number of nitrogens with zero attached hydrogens (tertiary/aromatic N) is 2. The number of carbonyl (C=O) groups is 2. The van der Waals surface area contributed by atoms with E-state index in [1.807, 2.05) is 55.5 Å². The number of anilines is 1. The number of aryl methyl sites for hydroxylation is 1. The van der Waals surface area contributed by atoms with Crippen LogP contribution in [0.4, 0.5) is 5.69 Å². The van der Waals surface area contributed by atoms with Gasteiger partial charge in [-0.25, -0.2) is 0 Å². The topological polar surface area (TPSA) is 73.2 Å². The van der Waals surface area contributed by atoms with Gasteiger partial charge in [0.25, 0.3) is 5.91 Å². The highest BCUT2D eigenvalue weighted by Gasteiger charge is 2.40. The molecule has 1 N–H and O–H groups in total. The first kappa shape index (κ1) is 20.0. The molecule has 0 spiro atoms. The largest absolute Gasteiger partial charge is 0.354 e. The summed E-state index contributed by atoms with van der Waals surface area (Å²) in [5, 5.41) is 12.5. The van der Waals surface area contributed by atoms with Crippen molar-refractivity contribution in [1.82, 2.24) is 5.32 Å². The average molecular weight is 412 g/mol. The molecule has 1 atom stereocenters. The normalized spacial score (nSPS) is 18.0. The molecule has 7 heteroatoms. The van der Waals surface area contributed by atoms with Gasteiger partial charge in [0.1, 0.15) is 16.7 Å². The van der Waals surface area contributed by atoms with E-state index in [0.29, 0.717) is 22.2 Å². The van der Waals surface area contributed by atoms with Crippen molar-refractivity contribution in [3.8, 4) is 6.07 Å². The molecule has 0 aromatic heterocycles. The van der Waals surface area contributed by atoms with Gasteiger partial charge in [-0.2, -0.15) is 5.26 Å². The minimum absolute atomic E-state index is 0.0805. The average Bonchev–Trinajstić information content (AvgIpc) is 3.01. The number of benzene rings is 2. The molecule has 2 aromatic rings. The molecule has 2 aromatic carbocycles. The number of rotatable bonds is 4. The van der Waals surface area contributed by atoms with E-state index in [1.165, 1.54) is 23.7 Å². The standard InChI is InChI=1S/C21H18ClN3O2S/c1-13-7-9-15(10-8-13)25-20(27)18(11-14-5-3-4-6-17(14)22)28-21(25)16(12-23)19(26)24-2/h3-10,18H,11H2,1-2H3,(H,24,26)/b21-16-/t18-/m0/s1. The Bertz CT molecular complexity index is 995. The number of nitriles is 1. The van der Waals surface area contributed by atoms with Gasteiger partial charge in [0.2, 0.25) is 5.91 Å². The van der Waals surface area contributed by atoms with Crippen molar-refractivity contribution in [2.75, 3.05) is 11.9 Å². The molecule has 1 saturated heterocycles. The van der Waals surface area contributed by atoms with E-state index >= 15 is 0 Å². The third-order valence-electron chi connectivity index (χ3n) is 4.39. The fourth-order valence-corrected chi connectivity index (χ4v) is 4.41. The van der Waals surface area contributed by atoms with Crippen LogP contribution >= 0.6 is 23.4 Å². The van der Waals surface area contributed by atoms with Gasteiger partial charge in [-0.1, -0.05) is 59.3 Å². The molecular weight excluding hydrogens is 394 g/mol. The van der Waals surface area contributed by atoms with Crippen molar-refractivity contribution in [2.45, 2.75) is 18.6 Å². The van der Waals surface area contributed by atoms with Gasteiger partial charge in [0, 0.05) is 17.8 Å². The fraction of sp³-hybridized carbons (Fsp3) is 0.190. The Morgan fingerprint density at radius 1 is 1.25 bits per heavy atom. The van der Waals surface area contributed by atoms with Crippen LogP contribution in [0.2, 0.25) is 5.02 Å². The molecule has 1 aliphatic heterocycles. The Kier molecular flexibility index (Phi) is 6.08. The Morgan fingerprint density at radius 2 is 1.93 bits per heavy atom. The molecule has 0 radical (unpaired) electrons. The zero-order chi connectivity index (χ0) is 20.3. The molecule has 0 aliphatic carbocycles. The predicted octanol–water partition coefficient (Wildman–Crippen LogP) is 3.82. The Labute approximate surface area is 173 Å². The summed E-state index contributed by atoms with van der Waals surface area (Å²) in [6, 6.07) is 16.7. The van der Waals surface area contributed by atoms with E-state index < -0.39 is 11.2 Å². The number of nitrogens with one attached hydrogen (secondary N) is 1. The van der Waals surface area contributed by atoms with Crippen LogP contribution in [0.25, 0.3) is 0 Å². The van der Waals surface area contributed by atoms with Gasteiger partial charge < -0.3 is 5.32 Å². The number of hydrogen-bond acceptors (Lipinski definition) is 4. The lowest BCUT2D eigenvalue weighted by Crippen LogP contribution is -2.31. The van der Waals surface area contributed by atoms with Gasteiger partial charge in [0.15, 0.2) is 0 Å². The van der Waals surface area contributed by atoms with Crippen LogP contribution in [0.5, 0.6) is 0 Å². The molecule has 1 fully saturated rings. The lowest BCUT2D eigenvalue weighted by molar-refractivity contribution is -0.117. The summed E-state index contributed by atoms with van der Waals surface area (Å²) >= 11 is 7.48. The van der Waals surface area contributed by atoms with Crippen LogP contribution in [0.3, 0.4) is 0 Å². The van der Waals surface area contributed by atoms with Crippen molar-refractivity contribution in [3.63, 3.8) is 0 Å². The predicted molar refractivity (Wildman–Crippen MR) is 112 cm³/mol. The lowest BCUT2D eigenvalue weighted by atomic mass is 10.1. The number of likely N-dealkylation sites (N-methyl/N-ethyl adjacent to an activating group) is 1. The maximum absolute atomic E-state index is 13.2. The third-order valence-corrected chi connectivity index (χ3v) is 6.02. The van der Waals surface area contributed by atoms with Crippen molar-refractivity contribution >= 4 is 40.9 Å². The van der Waals surface area contributed by atoms with Crippen molar-refractivity contribution in [1.29, 1.82) is 5.26 Å². The molecule has 3 rings (SSSR count). The summed E-state index contributed by atoms with van der Waals surface area (Å²) in [6.07, 6.45) is 0.404. The molecule has 2 amide bonds. The lowest BCUT2D eigenvalue weighted by Gasteiger charge is -2.18. The van der Waals surface area contributed by atoms with Crippen LogP contribution in [0, 0.1) is 18.3 Å². The summed E-state index contributed by atoms with van der Waals surface area (Å²) in [5.74, 6) is -0.700. The molecule has 0 saturated carbocycles. The van der Waals surface area contributed by atoms with Gasteiger partial charge in [-0.15, -0.1) is 0 Å². The monoisotopic (exact) mass is 411 g/mol. The second kappa shape index (κ2) is 8.51. The van der Waals surface area contributed by atoms with Crippen LogP contribution in [-0.2, 0) is 16.0 Å². The van der Waals surface area contributed by atoms with E-state index in [4.69, 9.17) is 11.6 Å². The zero-order valence-corrected chi connectivity index (χ0v) is 17.0. The number of amides is 2. The molecule has 5 nitrogen and oxygen atoms in total. The first-order valence-electron chi connectivity index (χ1n) is 8.63. The first-order chi connectivity index (χ1) is 13.5. The van der Waals surface area contributed by atoms with Crippen LogP contribution in [0.15, 0.2) is 59.1 Å². The fourth-order valence-electron chi connectivity index (χ4n) is 2.90. The molecule has 28 heavy (non-hydrogen) atoms. The maximum Gasteiger partial charge on any atom is 0.264 e. The van der Waals surface area contributed by atoms with Gasteiger partial charge >= 0.3 is 0 Å². The minimum Gasteiger partial charge on any atom is -0.354 e. The summed E-state index contributed by atoms with van der Waals surface area (Å²) in [7, 11) is 1.46. The summed E-state index contributed by atoms with van der Waals surface area (Å²) in [6.45, 7) is 1.95. The maximum atomic E-state index is 13.2. The second-order valence-corrected chi connectivity index (χ2v) is 7.88. The van der Waals surface area contributed by atoms with E-state index in [-0.39, 0.29) is 11.5 Å². The van der Waals surface area contributed by atoms with Crippen molar-refractivity contribution in [3.05, 3.63) is 75.3 Å². The quantitative estimate of drug-likeness (QED) is 0.613. The Hall–Kier alpha value is -2.75. The third kappa shape index (κ3) is 3.91. The first-order valence-corrected chi connectivity index (χ1v) is 9.89. The van der Waals surface area contributed by atoms with Gasteiger partial charge in [-0.05, 0) is 37.1 Å². The van der Waals surface area contributed by atoms with E-state index in [2.05, 4.69) is 5.32 Å². The van der Waals surface area contributed by atoms with Crippen molar-refractivity contribution in [2.24, 2.45) is 0 Å². The number of halogens is 1. The molecular formula is C21H18ClN3O2S. The second-order valence-electron chi connectivity index (χ2n) is 6.28. The van der Waals surface area contributed by atoms with E-state index in [9.17, 15) is 14.9 Å². The van der Waals surface area contributed by atoms with Crippen molar-refractivity contribution < 1.29 is 9.59 Å². The molecule has 0 bridgehead atoms. The molecule has 142 valence electrons. The van der Waals surface area contributed by atoms with Crippen LogP contribution < -0.4 is 10.2 Å². The number of hydrogen-bond donors (Lipinski definition) is 1. The van der Waals surface area contributed by atoms with Crippen LogP contribution in [-0.4, -0.2) is 24.1 Å². The zero-order valence-electron chi connectivity index (χ0n) is 15.4. The van der Waals surface area contributed by atoms with E-state index in [0.717, 1.165) is 11.1 Å². The molecule has 1 heterocycles. The molecule has 1 aliphatic rings. The van der Waals surface area contributed by atoms with Gasteiger partial charge in [0.05, 0.1) is 5.25 Å². The SMILES string of the molecule is CNC(=O)/C(C#N)=C1\S[C@@H](Cc2ccccc2Cl)C(=O)N1c1ccc(C)cc1. The highest BCUT2D eigenvalue weighted by atomic mass is 35.5. The van der Waals surface area contributed by atoms with Gasteiger partial charge in [-0.3, -0.25) is 14.5 Å². The van der Waals surface area contributed by atoms with Crippen LogP contribution in [0.1, 0.15) is 11.1 Å². The molecule has 0 unspecified atom stereocenters. The highest BCUT2D eigenvalue weighted by Crippen LogP contribution is 2.42. The Balaban J connectivity index is 2.06. The summed E-state index contributed by atoms with van der Waals surface area (Å²) in [4.78, 5) is 26.9. The summed E-state index contributed by atoms with van der Waals surface area (Å²) in [5.41, 5.74) is 2.44. The minimum atomic E-state index is -0.520.